The summed E-state index contributed by atoms with van der Waals surface area (Å²) in [5.41, 5.74) is 0.581. The Kier molecular flexibility index (Phi) is 5.37. The van der Waals surface area contributed by atoms with E-state index in [-0.39, 0.29) is 6.42 Å². The highest BCUT2D eigenvalue weighted by Crippen LogP contribution is 2.25. The number of nitrogens with zero attached hydrogens (tertiary/aromatic N) is 2. The third-order valence-electron chi connectivity index (χ3n) is 2.57. The quantitative estimate of drug-likeness (QED) is 0.755. The summed E-state index contributed by atoms with van der Waals surface area (Å²) in [4.78, 5) is 11.2. The number of carbonyl (C=O) groups is 1. The number of hydrogen-bond donors (Lipinski definition) is 0. The molecule has 0 bridgehead atoms. The maximum Gasteiger partial charge on any atom is 0.306 e. The van der Waals surface area contributed by atoms with Crippen molar-refractivity contribution in [3.63, 3.8) is 0 Å². The van der Waals surface area contributed by atoms with E-state index in [9.17, 15) is 10.1 Å². The summed E-state index contributed by atoms with van der Waals surface area (Å²) < 4.78 is 10.0. The number of rotatable bonds is 5. The van der Waals surface area contributed by atoms with Gasteiger partial charge in [0.2, 0.25) is 6.10 Å². The van der Waals surface area contributed by atoms with Crippen LogP contribution >= 0.6 is 0 Å². The van der Waals surface area contributed by atoms with E-state index in [1.807, 2.05) is 12.1 Å². The standard InChI is InChI=1S/C14H14N2O3/c1-3-14(17)19-13(9-16)12(8-15)10-5-4-6-11(7-10)18-2/h4-7,12-13H,3H2,1-2H3. The van der Waals surface area contributed by atoms with Crippen LogP contribution in [0.5, 0.6) is 5.75 Å². The second-order valence-electron chi connectivity index (χ2n) is 3.78. The minimum absolute atomic E-state index is 0.161. The van der Waals surface area contributed by atoms with Gasteiger partial charge < -0.3 is 9.47 Å². The van der Waals surface area contributed by atoms with E-state index < -0.39 is 18.0 Å². The molecular weight excluding hydrogens is 244 g/mol. The zero-order valence-corrected chi connectivity index (χ0v) is 10.8. The summed E-state index contributed by atoms with van der Waals surface area (Å²) in [6.07, 6.45) is -0.960. The van der Waals surface area contributed by atoms with Crippen molar-refractivity contribution >= 4 is 5.97 Å². The van der Waals surface area contributed by atoms with Crippen molar-refractivity contribution < 1.29 is 14.3 Å². The summed E-state index contributed by atoms with van der Waals surface area (Å²) >= 11 is 0. The minimum Gasteiger partial charge on any atom is -0.497 e. The average molecular weight is 258 g/mol. The maximum atomic E-state index is 11.2. The topological polar surface area (TPSA) is 83.1 Å². The summed E-state index contributed by atoms with van der Waals surface area (Å²) in [5.74, 6) is -0.762. The number of benzene rings is 1. The normalized spacial score (nSPS) is 12.6. The van der Waals surface area contributed by atoms with Crippen molar-refractivity contribution in [1.29, 1.82) is 10.5 Å². The number of hydrogen-bond acceptors (Lipinski definition) is 5. The SMILES string of the molecule is CCC(=O)OC(C#N)C(C#N)c1cccc(OC)c1. The molecule has 0 heterocycles. The molecule has 2 atom stereocenters. The monoisotopic (exact) mass is 258 g/mol. The van der Waals surface area contributed by atoms with Gasteiger partial charge in [0.1, 0.15) is 17.7 Å². The van der Waals surface area contributed by atoms with Crippen LogP contribution in [-0.2, 0) is 9.53 Å². The van der Waals surface area contributed by atoms with Gasteiger partial charge in [0.15, 0.2) is 0 Å². The van der Waals surface area contributed by atoms with Crippen molar-refractivity contribution in [2.45, 2.75) is 25.4 Å². The minimum atomic E-state index is -1.12. The molecule has 0 aliphatic rings. The predicted molar refractivity (Wildman–Crippen MR) is 67.1 cm³/mol. The van der Waals surface area contributed by atoms with E-state index >= 15 is 0 Å². The van der Waals surface area contributed by atoms with Gasteiger partial charge in [-0.25, -0.2) is 0 Å². The smallest absolute Gasteiger partial charge is 0.306 e. The molecular formula is C14H14N2O3. The van der Waals surface area contributed by atoms with Gasteiger partial charge in [-0.15, -0.1) is 0 Å². The Morgan fingerprint density at radius 3 is 2.63 bits per heavy atom. The fourth-order valence-corrected chi connectivity index (χ4v) is 1.55. The van der Waals surface area contributed by atoms with Gasteiger partial charge in [-0.2, -0.15) is 10.5 Å². The van der Waals surface area contributed by atoms with Crippen molar-refractivity contribution in [2.24, 2.45) is 0 Å². The summed E-state index contributed by atoms with van der Waals surface area (Å²) in [6, 6.07) is 10.6. The lowest BCUT2D eigenvalue weighted by molar-refractivity contribution is -0.146. The van der Waals surface area contributed by atoms with Crippen LogP contribution in [0.4, 0.5) is 0 Å². The van der Waals surface area contributed by atoms with Crippen LogP contribution in [0, 0.1) is 22.7 Å². The van der Waals surface area contributed by atoms with Crippen LogP contribution in [0.3, 0.4) is 0 Å². The van der Waals surface area contributed by atoms with Crippen molar-refractivity contribution in [2.75, 3.05) is 7.11 Å². The Bertz CT molecular complexity index is 528. The Morgan fingerprint density at radius 2 is 2.11 bits per heavy atom. The predicted octanol–water partition coefficient (Wildman–Crippen LogP) is 2.15. The fourth-order valence-electron chi connectivity index (χ4n) is 1.55. The lowest BCUT2D eigenvalue weighted by Gasteiger charge is -2.16. The Hall–Kier alpha value is -2.53. The molecule has 2 unspecified atom stereocenters. The molecule has 5 nitrogen and oxygen atoms in total. The Balaban J connectivity index is 3.01. The molecule has 0 N–H and O–H groups in total. The molecule has 0 radical (unpaired) electrons. The van der Waals surface area contributed by atoms with E-state index in [2.05, 4.69) is 0 Å². The highest BCUT2D eigenvalue weighted by atomic mass is 16.5. The first-order valence-electron chi connectivity index (χ1n) is 5.78. The van der Waals surface area contributed by atoms with Gasteiger partial charge in [0.25, 0.3) is 0 Å². The first kappa shape index (κ1) is 14.5. The van der Waals surface area contributed by atoms with Crippen molar-refractivity contribution in [3.05, 3.63) is 29.8 Å². The number of methoxy groups -OCH3 is 1. The van der Waals surface area contributed by atoms with Crippen LogP contribution in [0.15, 0.2) is 24.3 Å². The lowest BCUT2D eigenvalue weighted by atomic mass is 9.95. The Morgan fingerprint density at radius 1 is 1.37 bits per heavy atom. The first-order chi connectivity index (χ1) is 9.15. The van der Waals surface area contributed by atoms with Crippen molar-refractivity contribution in [1.82, 2.24) is 0 Å². The molecule has 1 aromatic rings. The lowest BCUT2D eigenvalue weighted by Crippen LogP contribution is -2.23. The van der Waals surface area contributed by atoms with E-state index in [0.29, 0.717) is 11.3 Å². The van der Waals surface area contributed by atoms with E-state index in [4.69, 9.17) is 14.7 Å². The van der Waals surface area contributed by atoms with Gasteiger partial charge in [0, 0.05) is 6.42 Å². The number of ether oxygens (including phenoxy) is 2. The number of carbonyl (C=O) groups excluding carboxylic acids is 1. The van der Waals surface area contributed by atoms with E-state index in [1.165, 1.54) is 7.11 Å². The molecule has 1 rings (SSSR count). The molecule has 0 aromatic heterocycles. The number of nitriles is 2. The molecule has 0 saturated carbocycles. The molecule has 0 fully saturated rings. The van der Waals surface area contributed by atoms with Gasteiger partial charge >= 0.3 is 5.97 Å². The molecule has 5 heteroatoms. The third kappa shape index (κ3) is 3.72. The zero-order valence-electron chi connectivity index (χ0n) is 10.8. The molecule has 19 heavy (non-hydrogen) atoms. The summed E-state index contributed by atoms with van der Waals surface area (Å²) in [7, 11) is 1.51. The molecule has 1 aromatic carbocycles. The molecule has 0 amide bonds. The van der Waals surface area contributed by atoms with E-state index in [0.717, 1.165) is 0 Å². The molecule has 0 saturated heterocycles. The van der Waals surface area contributed by atoms with E-state index in [1.54, 1.807) is 31.2 Å². The van der Waals surface area contributed by atoms with Crippen LogP contribution in [0.2, 0.25) is 0 Å². The average Bonchev–Trinajstić information content (AvgIpc) is 2.46. The fraction of sp³-hybridized carbons (Fsp3) is 0.357. The van der Waals surface area contributed by atoms with Gasteiger partial charge in [-0.05, 0) is 17.7 Å². The Labute approximate surface area is 112 Å². The second-order valence-corrected chi connectivity index (χ2v) is 3.78. The largest absolute Gasteiger partial charge is 0.497 e. The highest BCUT2D eigenvalue weighted by Gasteiger charge is 2.26. The van der Waals surface area contributed by atoms with Crippen LogP contribution in [-0.4, -0.2) is 19.2 Å². The van der Waals surface area contributed by atoms with Gasteiger partial charge in [0.05, 0.1) is 13.2 Å². The molecule has 0 spiro atoms. The van der Waals surface area contributed by atoms with Crippen LogP contribution < -0.4 is 4.74 Å². The first-order valence-corrected chi connectivity index (χ1v) is 5.78. The number of esters is 1. The van der Waals surface area contributed by atoms with Gasteiger partial charge in [-0.3, -0.25) is 4.79 Å². The molecule has 0 aliphatic carbocycles. The molecule has 0 aliphatic heterocycles. The summed E-state index contributed by atoms with van der Waals surface area (Å²) in [5, 5.41) is 18.2. The van der Waals surface area contributed by atoms with Crippen LogP contribution in [0.25, 0.3) is 0 Å². The third-order valence-corrected chi connectivity index (χ3v) is 2.57. The van der Waals surface area contributed by atoms with Crippen LogP contribution in [0.1, 0.15) is 24.8 Å². The second kappa shape index (κ2) is 7.03. The maximum absolute atomic E-state index is 11.2. The molecule has 98 valence electrons. The van der Waals surface area contributed by atoms with Crippen molar-refractivity contribution in [3.8, 4) is 17.9 Å². The summed E-state index contributed by atoms with van der Waals surface area (Å²) in [6.45, 7) is 1.63. The zero-order chi connectivity index (χ0) is 14.3. The highest BCUT2D eigenvalue weighted by molar-refractivity contribution is 5.69. The van der Waals surface area contributed by atoms with Gasteiger partial charge in [-0.1, -0.05) is 19.1 Å².